The first-order valence-corrected chi connectivity index (χ1v) is 4.43. The Bertz CT molecular complexity index is 428. The number of halogens is 1. The molecule has 0 atom stereocenters. The maximum absolute atomic E-state index is 6.03. The van der Waals surface area contributed by atoms with Crippen LogP contribution in [0.2, 0.25) is 5.02 Å². The fourth-order valence-electron chi connectivity index (χ4n) is 1.13. The van der Waals surface area contributed by atoms with Crippen molar-refractivity contribution >= 4 is 17.3 Å². The molecule has 0 aliphatic carbocycles. The Hall–Kier alpha value is -1.55. The third-order valence-corrected chi connectivity index (χ3v) is 2.16. The van der Waals surface area contributed by atoms with Gasteiger partial charge in [0.05, 0.1) is 10.6 Å². The van der Waals surface area contributed by atoms with Crippen molar-refractivity contribution < 1.29 is 4.42 Å². The predicted octanol–water partition coefficient (Wildman–Crippen LogP) is 2.43. The van der Waals surface area contributed by atoms with Crippen molar-refractivity contribution in [1.82, 2.24) is 10.2 Å². The van der Waals surface area contributed by atoms with Gasteiger partial charge in [0.1, 0.15) is 0 Å². The molecule has 5 heteroatoms. The summed E-state index contributed by atoms with van der Waals surface area (Å²) < 4.78 is 5.05. The Morgan fingerprint density at radius 1 is 1.43 bits per heavy atom. The van der Waals surface area contributed by atoms with Gasteiger partial charge in [-0.3, -0.25) is 0 Å². The minimum atomic E-state index is 0.428. The van der Waals surface area contributed by atoms with E-state index in [1.807, 2.05) is 19.2 Å². The third kappa shape index (κ3) is 1.56. The van der Waals surface area contributed by atoms with Crippen LogP contribution in [0.1, 0.15) is 0 Å². The number of aromatic nitrogens is 2. The van der Waals surface area contributed by atoms with Gasteiger partial charge in [-0.05, 0) is 18.2 Å². The van der Waals surface area contributed by atoms with Crippen LogP contribution < -0.4 is 5.32 Å². The molecule has 0 amide bonds. The normalized spacial score (nSPS) is 10.1. The van der Waals surface area contributed by atoms with E-state index in [0.29, 0.717) is 10.9 Å². The predicted molar refractivity (Wildman–Crippen MR) is 54.3 cm³/mol. The summed E-state index contributed by atoms with van der Waals surface area (Å²) in [5.74, 6) is 0.428. The molecule has 0 spiro atoms. The summed E-state index contributed by atoms with van der Waals surface area (Å²) in [4.78, 5) is 0. The number of hydrogen-bond acceptors (Lipinski definition) is 4. The zero-order valence-corrected chi connectivity index (χ0v) is 8.25. The van der Waals surface area contributed by atoms with E-state index in [4.69, 9.17) is 16.0 Å². The molecule has 1 aromatic heterocycles. The fraction of sp³-hybridized carbons (Fsp3) is 0.111. The Labute approximate surface area is 85.9 Å². The average molecular weight is 210 g/mol. The maximum atomic E-state index is 6.03. The van der Waals surface area contributed by atoms with Gasteiger partial charge in [-0.2, -0.15) is 0 Å². The van der Waals surface area contributed by atoms with Crippen molar-refractivity contribution in [1.29, 1.82) is 0 Å². The topological polar surface area (TPSA) is 51.0 Å². The van der Waals surface area contributed by atoms with E-state index >= 15 is 0 Å². The molecule has 2 rings (SSSR count). The highest BCUT2D eigenvalue weighted by Gasteiger charge is 2.08. The molecule has 14 heavy (non-hydrogen) atoms. The first kappa shape index (κ1) is 9.02. The highest BCUT2D eigenvalue weighted by molar-refractivity contribution is 6.33. The summed E-state index contributed by atoms with van der Waals surface area (Å²) in [5.41, 5.74) is 1.68. The lowest BCUT2D eigenvalue weighted by molar-refractivity contribution is 0.568. The minimum absolute atomic E-state index is 0.428. The van der Waals surface area contributed by atoms with Crippen molar-refractivity contribution in [2.24, 2.45) is 0 Å². The molecule has 0 fully saturated rings. The van der Waals surface area contributed by atoms with Crippen molar-refractivity contribution in [3.8, 4) is 11.5 Å². The van der Waals surface area contributed by atoms with Crippen LogP contribution in [0.4, 0.5) is 5.69 Å². The molecule has 0 saturated carbocycles. The SMILES string of the molecule is CNc1ccc(-c2nnco2)c(Cl)c1. The molecule has 4 nitrogen and oxygen atoms in total. The second-order valence-electron chi connectivity index (χ2n) is 2.69. The van der Waals surface area contributed by atoms with Crippen LogP contribution in [0.3, 0.4) is 0 Å². The Morgan fingerprint density at radius 2 is 2.29 bits per heavy atom. The number of anilines is 1. The van der Waals surface area contributed by atoms with Crippen LogP contribution in [0.25, 0.3) is 11.5 Å². The molecule has 0 unspecified atom stereocenters. The van der Waals surface area contributed by atoms with Gasteiger partial charge in [0.25, 0.3) is 0 Å². The average Bonchev–Trinajstić information content (AvgIpc) is 2.70. The van der Waals surface area contributed by atoms with Crippen LogP contribution in [-0.2, 0) is 0 Å². The Balaban J connectivity index is 2.46. The zero-order valence-electron chi connectivity index (χ0n) is 7.49. The first-order valence-electron chi connectivity index (χ1n) is 4.05. The summed E-state index contributed by atoms with van der Waals surface area (Å²) in [6, 6.07) is 5.54. The van der Waals surface area contributed by atoms with E-state index in [0.717, 1.165) is 11.3 Å². The molecule has 0 aliphatic rings. The van der Waals surface area contributed by atoms with Crippen LogP contribution in [-0.4, -0.2) is 17.2 Å². The van der Waals surface area contributed by atoms with Crippen molar-refractivity contribution in [2.75, 3.05) is 12.4 Å². The van der Waals surface area contributed by atoms with Gasteiger partial charge in [0.15, 0.2) is 0 Å². The van der Waals surface area contributed by atoms with Gasteiger partial charge < -0.3 is 9.73 Å². The Morgan fingerprint density at radius 3 is 2.86 bits per heavy atom. The van der Waals surface area contributed by atoms with Crippen LogP contribution in [0, 0.1) is 0 Å². The van der Waals surface area contributed by atoms with Gasteiger partial charge in [-0.15, -0.1) is 10.2 Å². The van der Waals surface area contributed by atoms with Gasteiger partial charge in [-0.1, -0.05) is 11.6 Å². The molecular weight excluding hydrogens is 202 g/mol. The zero-order chi connectivity index (χ0) is 9.97. The van der Waals surface area contributed by atoms with E-state index < -0.39 is 0 Å². The molecule has 1 heterocycles. The van der Waals surface area contributed by atoms with Gasteiger partial charge in [0.2, 0.25) is 12.3 Å². The number of nitrogens with one attached hydrogen (secondary N) is 1. The molecule has 2 aromatic rings. The van der Waals surface area contributed by atoms with Crippen molar-refractivity contribution in [3.63, 3.8) is 0 Å². The molecule has 0 bridgehead atoms. The lowest BCUT2D eigenvalue weighted by Gasteiger charge is -2.02. The van der Waals surface area contributed by atoms with Crippen LogP contribution >= 0.6 is 11.6 Å². The fourth-order valence-corrected chi connectivity index (χ4v) is 1.40. The number of benzene rings is 1. The molecule has 1 N–H and O–H groups in total. The number of hydrogen-bond donors (Lipinski definition) is 1. The second-order valence-corrected chi connectivity index (χ2v) is 3.10. The highest BCUT2D eigenvalue weighted by Crippen LogP contribution is 2.28. The van der Waals surface area contributed by atoms with Crippen molar-refractivity contribution in [2.45, 2.75) is 0 Å². The number of nitrogens with zero attached hydrogens (tertiary/aromatic N) is 2. The first-order chi connectivity index (χ1) is 6.81. The van der Waals surface area contributed by atoms with E-state index in [1.54, 1.807) is 6.07 Å². The number of rotatable bonds is 2. The van der Waals surface area contributed by atoms with E-state index in [9.17, 15) is 0 Å². The quantitative estimate of drug-likeness (QED) is 0.826. The highest BCUT2D eigenvalue weighted by atomic mass is 35.5. The van der Waals surface area contributed by atoms with E-state index in [-0.39, 0.29) is 0 Å². The molecule has 72 valence electrons. The van der Waals surface area contributed by atoms with Gasteiger partial charge in [0, 0.05) is 12.7 Å². The third-order valence-electron chi connectivity index (χ3n) is 1.85. The summed E-state index contributed by atoms with van der Waals surface area (Å²) in [6.45, 7) is 0. The smallest absolute Gasteiger partial charge is 0.248 e. The summed E-state index contributed by atoms with van der Waals surface area (Å²) >= 11 is 6.03. The second kappa shape index (κ2) is 3.67. The minimum Gasteiger partial charge on any atom is -0.423 e. The molecule has 0 aliphatic heterocycles. The summed E-state index contributed by atoms with van der Waals surface area (Å²) in [5, 5.41) is 10.9. The van der Waals surface area contributed by atoms with Crippen molar-refractivity contribution in [3.05, 3.63) is 29.6 Å². The summed E-state index contributed by atoms with van der Waals surface area (Å²) in [7, 11) is 1.83. The lowest BCUT2D eigenvalue weighted by Crippen LogP contribution is -1.88. The molecular formula is C9H8ClN3O. The molecule has 1 aromatic carbocycles. The van der Waals surface area contributed by atoms with Crippen LogP contribution in [0.15, 0.2) is 29.0 Å². The largest absolute Gasteiger partial charge is 0.423 e. The molecule has 0 saturated heterocycles. The monoisotopic (exact) mass is 209 g/mol. The van der Waals surface area contributed by atoms with Gasteiger partial charge >= 0.3 is 0 Å². The standard InChI is InChI=1S/C9H8ClN3O/c1-11-6-2-3-7(8(10)4-6)9-13-12-5-14-9/h2-5,11H,1H3. The Kier molecular flexibility index (Phi) is 2.37. The lowest BCUT2D eigenvalue weighted by atomic mass is 10.2. The molecule has 0 radical (unpaired) electrons. The van der Waals surface area contributed by atoms with Crippen LogP contribution in [0.5, 0.6) is 0 Å². The van der Waals surface area contributed by atoms with Gasteiger partial charge in [-0.25, -0.2) is 0 Å². The summed E-state index contributed by atoms with van der Waals surface area (Å²) in [6.07, 6.45) is 1.28. The maximum Gasteiger partial charge on any atom is 0.248 e. The van der Waals surface area contributed by atoms with E-state index in [1.165, 1.54) is 6.39 Å². The van der Waals surface area contributed by atoms with E-state index in [2.05, 4.69) is 15.5 Å².